The van der Waals surface area contributed by atoms with Gasteiger partial charge in [0.1, 0.15) is 0 Å². The van der Waals surface area contributed by atoms with Crippen molar-refractivity contribution in [1.82, 2.24) is 19.9 Å². The van der Waals surface area contributed by atoms with Crippen molar-refractivity contribution in [3.63, 3.8) is 0 Å². The van der Waals surface area contributed by atoms with E-state index in [0.717, 1.165) is 44.8 Å². The topological polar surface area (TPSA) is 54.4 Å². The third-order valence-electron chi connectivity index (χ3n) is 5.54. The molecule has 0 bridgehead atoms. The highest BCUT2D eigenvalue weighted by Crippen LogP contribution is 2.39. The Bertz CT molecular complexity index is 720. The first-order valence-electron chi connectivity index (χ1n) is 9.06. The van der Waals surface area contributed by atoms with Crippen LogP contribution in [-0.4, -0.2) is 58.7 Å². The van der Waals surface area contributed by atoms with Crippen LogP contribution in [0.1, 0.15) is 18.5 Å². The van der Waals surface area contributed by atoms with Crippen molar-refractivity contribution in [2.24, 2.45) is 5.92 Å². The molecule has 0 amide bonds. The van der Waals surface area contributed by atoms with Crippen molar-refractivity contribution in [3.05, 3.63) is 48.3 Å². The molecule has 2 aliphatic heterocycles. The summed E-state index contributed by atoms with van der Waals surface area (Å²) >= 11 is 0. The summed E-state index contributed by atoms with van der Waals surface area (Å²) in [5.41, 5.74) is 1.12. The Morgan fingerprint density at radius 3 is 2.77 bits per heavy atom. The van der Waals surface area contributed by atoms with Gasteiger partial charge in [0, 0.05) is 19.3 Å². The SMILES string of the molecule is CN1CCC(COCc2ccccn2)CC12CN(c1ncc(F)cn1)C2. The molecule has 2 aromatic heterocycles. The van der Waals surface area contributed by atoms with E-state index in [0.29, 0.717) is 18.5 Å². The maximum atomic E-state index is 13.0. The van der Waals surface area contributed by atoms with E-state index in [1.165, 1.54) is 12.4 Å². The molecule has 2 saturated heterocycles. The highest BCUT2D eigenvalue weighted by atomic mass is 19.1. The molecule has 1 spiro atoms. The number of likely N-dealkylation sites (tertiary alicyclic amines) is 1. The van der Waals surface area contributed by atoms with E-state index in [1.54, 1.807) is 6.20 Å². The summed E-state index contributed by atoms with van der Waals surface area (Å²) in [6.45, 7) is 4.16. The minimum atomic E-state index is -0.399. The lowest BCUT2D eigenvalue weighted by atomic mass is 9.75. The van der Waals surface area contributed by atoms with E-state index >= 15 is 0 Å². The highest BCUT2D eigenvalue weighted by molar-refractivity contribution is 5.38. The third kappa shape index (κ3) is 3.54. The first kappa shape index (κ1) is 17.3. The van der Waals surface area contributed by atoms with E-state index in [1.807, 2.05) is 18.2 Å². The van der Waals surface area contributed by atoms with Gasteiger partial charge in [-0.3, -0.25) is 9.88 Å². The van der Waals surface area contributed by atoms with Gasteiger partial charge in [-0.15, -0.1) is 0 Å². The molecule has 7 heteroatoms. The number of anilines is 1. The average molecular weight is 357 g/mol. The monoisotopic (exact) mass is 357 g/mol. The molecule has 2 aromatic rings. The van der Waals surface area contributed by atoms with Gasteiger partial charge in [-0.25, -0.2) is 14.4 Å². The van der Waals surface area contributed by atoms with Crippen molar-refractivity contribution in [2.75, 3.05) is 38.2 Å². The van der Waals surface area contributed by atoms with Crippen LogP contribution in [0.3, 0.4) is 0 Å². The van der Waals surface area contributed by atoms with Gasteiger partial charge in [0.15, 0.2) is 5.82 Å². The van der Waals surface area contributed by atoms with Crippen LogP contribution < -0.4 is 4.90 Å². The molecule has 0 aliphatic carbocycles. The summed E-state index contributed by atoms with van der Waals surface area (Å²) in [6.07, 6.45) is 6.50. The lowest BCUT2D eigenvalue weighted by molar-refractivity contribution is -0.0161. The largest absolute Gasteiger partial charge is 0.375 e. The van der Waals surface area contributed by atoms with Gasteiger partial charge in [0.05, 0.1) is 36.8 Å². The third-order valence-corrected chi connectivity index (χ3v) is 5.54. The van der Waals surface area contributed by atoms with Crippen molar-refractivity contribution >= 4 is 5.95 Å². The molecule has 1 unspecified atom stereocenters. The second-order valence-electron chi connectivity index (χ2n) is 7.40. The van der Waals surface area contributed by atoms with Gasteiger partial charge in [0.25, 0.3) is 0 Å². The highest BCUT2D eigenvalue weighted by Gasteiger charge is 2.50. The molecule has 4 heterocycles. The molecular formula is C19H24FN5O. The van der Waals surface area contributed by atoms with E-state index in [9.17, 15) is 4.39 Å². The first-order valence-corrected chi connectivity index (χ1v) is 9.06. The van der Waals surface area contributed by atoms with Crippen LogP contribution in [0.2, 0.25) is 0 Å². The number of ether oxygens (including phenoxy) is 1. The molecule has 2 aliphatic rings. The van der Waals surface area contributed by atoms with E-state index in [4.69, 9.17) is 4.74 Å². The molecule has 0 N–H and O–H groups in total. The summed E-state index contributed by atoms with van der Waals surface area (Å²) in [7, 11) is 2.19. The number of hydrogen-bond donors (Lipinski definition) is 0. The van der Waals surface area contributed by atoms with Gasteiger partial charge in [-0.05, 0) is 44.5 Å². The molecule has 0 saturated carbocycles. The summed E-state index contributed by atoms with van der Waals surface area (Å²) in [5, 5.41) is 0. The van der Waals surface area contributed by atoms with Crippen molar-refractivity contribution in [1.29, 1.82) is 0 Å². The predicted molar refractivity (Wildman–Crippen MR) is 96.2 cm³/mol. The number of nitrogens with zero attached hydrogens (tertiary/aromatic N) is 5. The number of pyridine rings is 1. The van der Waals surface area contributed by atoms with Crippen LogP contribution >= 0.6 is 0 Å². The zero-order chi connectivity index (χ0) is 18.0. The lowest BCUT2D eigenvalue weighted by Gasteiger charge is -2.58. The van der Waals surface area contributed by atoms with E-state index < -0.39 is 5.82 Å². The molecule has 26 heavy (non-hydrogen) atoms. The Hall–Kier alpha value is -2.12. The van der Waals surface area contributed by atoms with Crippen molar-refractivity contribution < 1.29 is 9.13 Å². The van der Waals surface area contributed by atoms with Gasteiger partial charge >= 0.3 is 0 Å². The summed E-state index contributed by atoms with van der Waals surface area (Å²) in [4.78, 5) is 17.1. The summed E-state index contributed by atoms with van der Waals surface area (Å²) in [5.74, 6) is 0.758. The van der Waals surface area contributed by atoms with Crippen LogP contribution in [0.15, 0.2) is 36.8 Å². The van der Waals surface area contributed by atoms with Gasteiger partial charge < -0.3 is 9.64 Å². The molecule has 4 rings (SSSR count). The maximum absolute atomic E-state index is 13.0. The number of aromatic nitrogens is 3. The van der Waals surface area contributed by atoms with Crippen molar-refractivity contribution in [2.45, 2.75) is 25.0 Å². The smallest absolute Gasteiger partial charge is 0.225 e. The molecule has 6 nitrogen and oxygen atoms in total. The number of halogens is 1. The quantitative estimate of drug-likeness (QED) is 0.817. The minimum absolute atomic E-state index is 0.148. The lowest BCUT2D eigenvalue weighted by Crippen LogP contribution is -2.72. The van der Waals surface area contributed by atoms with E-state index in [-0.39, 0.29) is 5.54 Å². The second-order valence-corrected chi connectivity index (χ2v) is 7.40. The fourth-order valence-corrected chi connectivity index (χ4v) is 4.01. The molecule has 0 radical (unpaired) electrons. The Balaban J connectivity index is 1.30. The fourth-order valence-electron chi connectivity index (χ4n) is 4.01. The zero-order valence-electron chi connectivity index (χ0n) is 15.0. The Morgan fingerprint density at radius 1 is 1.23 bits per heavy atom. The van der Waals surface area contributed by atoms with Crippen LogP contribution in [0.4, 0.5) is 10.3 Å². The van der Waals surface area contributed by atoms with Gasteiger partial charge in [-0.2, -0.15) is 0 Å². The first-order chi connectivity index (χ1) is 12.6. The number of hydrogen-bond acceptors (Lipinski definition) is 6. The maximum Gasteiger partial charge on any atom is 0.225 e. The van der Waals surface area contributed by atoms with E-state index in [2.05, 4.69) is 31.8 Å². The molecule has 2 fully saturated rings. The molecular weight excluding hydrogens is 333 g/mol. The van der Waals surface area contributed by atoms with Gasteiger partial charge in [-0.1, -0.05) is 6.07 Å². The predicted octanol–water partition coefficient (Wildman–Crippen LogP) is 2.13. The number of rotatable bonds is 5. The number of likely N-dealkylation sites (N-methyl/N-ethyl adjacent to an activating group) is 1. The summed E-state index contributed by atoms with van der Waals surface area (Å²) < 4.78 is 18.9. The van der Waals surface area contributed by atoms with Crippen LogP contribution in [0.25, 0.3) is 0 Å². The molecule has 0 aromatic carbocycles. The minimum Gasteiger partial charge on any atom is -0.375 e. The van der Waals surface area contributed by atoms with Crippen LogP contribution in [0, 0.1) is 11.7 Å². The Kier molecular flexibility index (Phi) is 4.82. The Labute approximate surface area is 153 Å². The Morgan fingerprint density at radius 2 is 2.04 bits per heavy atom. The summed E-state index contributed by atoms with van der Waals surface area (Å²) in [6, 6.07) is 5.89. The van der Waals surface area contributed by atoms with Crippen LogP contribution in [-0.2, 0) is 11.3 Å². The number of piperidine rings is 1. The molecule has 1 atom stereocenters. The second kappa shape index (κ2) is 7.25. The van der Waals surface area contributed by atoms with Crippen LogP contribution in [0.5, 0.6) is 0 Å². The van der Waals surface area contributed by atoms with Crippen molar-refractivity contribution in [3.8, 4) is 0 Å². The fraction of sp³-hybridized carbons (Fsp3) is 0.526. The average Bonchev–Trinajstić information content (AvgIpc) is 2.63. The standard InChI is InChI=1S/C19H24FN5O/c1-24-7-5-15(11-26-12-17-4-2-3-6-21-17)8-19(24)13-25(14-19)18-22-9-16(20)10-23-18/h2-4,6,9-10,15H,5,7-8,11-14H2,1H3. The normalized spacial score (nSPS) is 22.4. The van der Waals surface area contributed by atoms with Gasteiger partial charge in [0.2, 0.25) is 5.95 Å². The molecule has 138 valence electrons. The zero-order valence-corrected chi connectivity index (χ0v) is 15.0.